The summed E-state index contributed by atoms with van der Waals surface area (Å²) in [4.78, 5) is 11.6. The molecular weight excluding hydrogens is 254 g/mol. The second-order valence-corrected chi connectivity index (χ2v) is 4.41. The van der Waals surface area contributed by atoms with Crippen molar-refractivity contribution in [3.05, 3.63) is 34.3 Å². The van der Waals surface area contributed by atoms with Crippen molar-refractivity contribution in [2.75, 3.05) is 6.54 Å². The fourth-order valence-corrected chi connectivity index (χ4v) is 1.83. The number of Topliss-reactive ketones (excluding diaryl/α,β-unsaturated/α-hetero) is 1. The molecule has 1 aromatic rings. The molecule has 82 valence electrons. The molecule has 0 atom stereocenters. The zero-order chi connectivity index (χ0) is 11.1. The Morgan fingerprint density at radius 3 is 2.67 bits per heavy atom. The zero-order valence-corrected chi connectivity index (χ0v) is 10.3. The average Bonchev–Trinajstić information content (AvgIpc) is 2.22. The second-order valence-electron chi connectivity index (χ2n) is 3.55. The first kappa shape index (κ1) is 12.4. The van der Waals surface area contributed by atoms with Gasteiger partial charge in [-0.2, -0.15) is 0 Å². The van der Waals surface area contributed by atoms with Gasteiger partial charge in [0.25, 0.3) is 0 Å². The maximum Gasteiger partial charge on any atom is 0.137 e. The fourth-order valence-electron chi connectivity index (χ4n) is 1.41. The third kappa shape index (κ3) is 4.58. The van der Waals surface area contributed by atoms with E-state index in [-0.39, 0.29) is 5.78 Å². The van der Waals surface area contributed by atoms with Gasteiger partial charge >= 0.3 is 0 Å². The van der Waals surface area contributed by atoms with E-state index in [1.807, 2.05) is 24.3 Å². The van der Waals surface area contributed by atoms with Crippen molar-refractivity contribution in [1.29, 1.82) is 0 Å². The summed E-state index contributed by atoms with van der Waals surface area (Å²) in [6.07, 6.45) is 2.99. The molecule has 0 amide bonds. The van der Waals surface area contributed by atoms with Crippen LogP contribution in [0.3, 0.4) is 0 Å². The summed E-state index contributed by atoms with van der Waals surface area (Å²) in [6, 6.07) is 7.84. The molecule has 0 aliphatic heterocycles. The molecule has 0 bridgehead atoms. The van der Waals surface area contributed by atoms with Gasteiger partial charge in [-0.05, 0) is 31.0 Å². The molecule has 0 aromatic heterocycles. The van der Waals surface area contributed by atoms with E-state index in [1.165, 1.54) is 0 Å². The SMILES string of the molecule is NCCCCC(=O)Cc1ccccc1Br. The van der Waals surface area contributed by atoms with Crippen LogP contribution >= 0.6 is 15.9 Å². The van der Waals surface area contributed by atoms with Gasteiger partial charge in [0.15, 0.2) is 0 Å². The molecule has 0 unspecified atom stereocenters. The molecular formula is C12H16BrNO. The number of hydrogen-bond donors (Lipinski definition) is 1. The normalized spacial score (nSPS) is 10.3. The van der Waals surface area contributed by atoms with Crippen molar-refractivity contribution < 1.29 is 4.79 Å². The van der Waals surface area contributed by atoms with Crippen LogP contribution in [0.4, 0.5) is 0 Å². The van der Waals surface area contributed by atoms with Gasteiger partial charge in [0.1, 0.15) is 5.78 Å². The first-order valence-corrected chi connectivity index (χ1v) is 5.98. The highest BCUT2D eigenvalue weighted by Crippen LogP contribution is 2.17. The second kappa shape index (κ2) is 6.75. The van der Waals surface area contributed by atoms with E-state index in [2.05, 4.69) is 15.9 Å². The van der Waals surface area contributed by atoms with Crippen LogP contribution in [0, 0.1) is 0 Å². The van der Waals surface area contributed by atoms with Crippen LogP contribution in [0.15, 0.2) is 28.7 Å². The maximum atomic E-state index is 11.6. The summed E-state index contributed by atoms with van der Waals surface area (Å²) < 4.78 is 1.01. The summed E-state index contributed by atoms with van der Waals surface area (Å²) in [5.41, 5.74) is 6.44. The molecule has 0 fully saturated rings. The molecule has 3 heteroatoms. The zero-order valence-electron chi connectivity index (χ0n) is 8.71. The topological polar surface area (TPSA) is 43.1 Å². The molecule has 1 rings (SSSR count). The summed E-state index contributed by atoms with van der Waals surface area (Å²) in [5.74, 6) is 0.287. The molecule has 0 aliphatic carbocycles. The lowest BCUT2D eigenvalue weighted by molar-refractivity contribution is -0.118. The van der Waals surface area contributed by atoms with Crippen LogP contribution in [0.2, 0.25) is 0 Å². The number of nitrogens with two attached hydrogens (primary N) is 1. The highest BCUT2D eigenvalue weighted by atomic mass is 79.9. The van der Waals surface area contributed by atoms with Crippen molar-refractivity contribution in [3.63, 3.8) is 0 Å². The number of rotatable bonds is 6. The average molecular weight is 270 g/mol. The van der Waals surface area contributed by atoms with Crippen LogP contribution in [-0.4, -0.2) is 12.3 Å². The third-order valence-corrected chi connectivity index (χ3v) is 3.03. The van der Waals surface area contributed by atoms with E-state index >= 15 is 0 Å². The van der Waals surface area contributed by atoms with E-state index in [4.69, 9.17) is 5.73 Å². The Hall–Kier alpha value is -0.670. The molecule has 0 spiro atoms. The van der Waals surface area contributed by atoms with Crippen LogP contribution < -0.4 is 5.73 Å². The van der Waals surface area contributed by atoms with E-state index in [0.717, 1.165) is 22.9 Å². The van der Waals surface area contributed by atoms with E-state index in [9.17, 15) is 4.79 Å². The highest BCUT2D eigenvalue weighted by Gasteiger charge is 2.05. The largest absolute Gasteiger partial charge is 0.330 e. The molecule has 0 heterocycles. The Morgan fingerprint density at radius 2 is 2.00 bits per heavy atom. The summed E-state index contributed by atoms with van der Waals surface area (Å²) in [6.45, 7) is 0.669. The monoisotopic (exact) mass is 269 g/mol. The quantitative estimate of drug-likeness (QED) is 0.807. The van der Waals surface area contributed by atoms with Gasteiger partial charge in [0.05, 0.1) is 0 Å². The van der Waals surface area contributed by atoms with Crippen molar-refractivity contribution in [2.45, 2.75) is 25.7 Å². The number of ketones is 1. The Balaban J connectivity index is 2.41. The Kier molecular flexibility index (Phi) is 5.58. The highest BCUT2D eigenvalue weighted by molar-refractivity contribution is 9.10. The number of halogens is 1. The van der Waals surface area contributed by atoms with Crippen LogP contribution in [0.5, 0.6) is 0 Å². The van der Waals surface area contributed by atoms with Gasteiger partial charge in [0.2, 0.25) is 0 Å². The number of hydrogen-bond acceptors (Lipinski definition) is 2. The van der Waals surface area contributed by atoms with Gasteiger partial charge in [0, 0.05) is 17.3 Å². The van der Waals surface area contributed by atoms with Gasteiger partial charge in [-0.15, -0.1) is 0 Å². The van der Waals surface area contributed by atoms with Crippen LogP contribution in [-0.2, 0) is 11.2 Å². The van der Waals surface area contributed by atoms with Crippen molar-refractivity contribution in [1.82, 2.24) is 0 Å². The first-order chi connectivity index (χ1) is 7.24. The van der Waals surface area contributed by atoms with Crippen LogP contribution in [0.25, 0.3) is 0 Å². The Labute approximate surface area is 99.0 Å². The van der Waals surface area contributed by atoms with Crippen molar-refractivity contribution in [3.8, 4) is 0 Å². The van der Waals surface area contributed by atoms with Gasteiger partial charge in [-0.1, -0.05) is 34.1 Å². The van der Waals surface area contributed by atoms with Gasteiger partial charge in [-0.25, -0.2) is 0 Å². The third-order valence-electron chi connectivity index (χ3n) is 2.26. The predicted octanol–water partition coefficient (Wildman–Crippen LogP) is 2.69. The summed E-state index contributed by atoms with van der Waals surface area (Å²) in [7, 11) is 0. The number of carbonyl (C=O) groups is 1. The molecule has 0 saturated heterocycles. The molecule has 0 aliphatic rings. The number of carbonyl (C=O) groups excluding carboxylic acids is 1. The summed E-state index contributed by atoms with van der Waals surface area (Å²) >= 11 is 3.43. The lowest BCUT2D eigenvalue weighted by atomic mass is 10.1. The number of unbranched alkanes of at least 4 members (excludes halogenated alkanes) is 1. The molecule has 0 saturated carbocycles. The molecule has 1 aromatic carbocycles. The summed E-state index contributed by atoms with van der Waals surface area (Å²) in [5, 5.41) is 0. The molecule has 15 heavy (non-hydrogen) atoms. The van der Waals surface area contributed by atoms with Crippen molar-refractivity contribution >= 4 is 21.7 Å². The van der Waals surface area contributed by atoms with E-state index in [1.54, 1.807) is 0 Å². The molecule has 2 N–H and O–H groups in total. The standard InChI is InChI=1S/C12H16BrNO/c13-12-7-2-1-5-10(12)9-11(15)6-3-4-8-14/h1-2,5,7H,3-4,6,8-9,14H2. The maximum absolute atomic E-state index is 11.6. The lowest BCUT2D eigenvalue weighted by Crippen LogP contribution is -2.05. The van der Waals surface area contributed by atoms with Gasteiger partial charge < -0.3 is 5.73 Å². The Morgan fingerprint density at radius 1 is 1.27 bits per heavy atom. The molecule has 0 radical (unpaired) electrons. The smallest absolute Gasteiger partial charge is 0.137 e. The minimum Gasteiger partial charge on any atom is -0.330 e. The van der Waals surface area contributed by atoms with Crippen molar-refractivity contribution in [2.24, 2.45) is 5.73 Å². The van der Waals surface area contributed by atoms with E-state index in [0.29, 0.717) is 19.4 Å². The Bertz CT molecular complexity index is 325. The first-order valence-electron chi connectivity index (χ1n) is 5.19. The predicted molar refractivity (Wildman–Crippen MR) is 65.8 cm³/mol. The number of benzene rings is 1. The van der Waals surface area contributed by atoms with Gasteiger partial charge in [-0.3, -0.25) is 4.79 Å². The minimum atomic E-state index is 0.287. The molecule has 2 nitrogen and oxygen atoms in total. The van der Waals surface area contributed by atoms with Crippen LogP contribution in [0.1, 0.15) is 24.8 Å². The van der Waals surface area contributed by atoms with E-state index < -0.39 is 0 Å². The lowest BCUT2D eigenvalue weighted by Gasteiger charge is -2.03. The fraction of sp³-hybridized carbons (Fsp3) is 0.417. The minimum absolute atomic E-state index is 0.287.